The molecule has 0 heterocycles. The van der Waals surface area contributed by atoms with Crippen molar-refractivity contribution < 1.29 is 34.2 Å². The number of phenolic OH excluding ortho intramolecular Hbond substituents is 1. The number of rotatable bonds is 7. The van der Waals surface area contributed by atoms with Gasteiger partial charge in [0.25, 0.3) is 0 Å². The van der Waals surface area contributed by atoms with Gasteiger partial charge in [-0.25, -0.2) is 0 Å². The minimum atomic E-state index is -2.72. The van der Waals surface area contributed by atoms with E-state index in [1.165, 1.54) is 4.90 Å². The van der Waals surface area contributed by atoms with Crippen LogP contribution in [0, 0.1) is 23.7 Å². The molecule has 11 heteroatoms. The number of amides is 1. The minimum absolute atomic E-state index is 0.00666. The molecule has 1 amide bonds. The SMILES string of the molecule is CCCN(C)Cc1cc(O)c2c(c1N(C)C)C[C@H]1C[C@H]3[C@H](N(C)C)C(=O)C(C(N)=O)C(=O)[C@@]3(O)C(=O)C1C2=O. The van der Waals surface area contributed by atoms with Gasteiger partial charge in [0.1, 0.15) is 5.75 Å². The Bertz CT molecular complexity index is 1260. The van der Waals surface area contributed by atoms with E-state index in [0.29, 0.717) is 12.1 Å². The number of aromatic hydroxyl groups is 1. The Kier molecular flexibility index (Phi) is 7.48. The van der Waals surface area contributed by atoms with Crippen molar-refractivity contribution >= 4 is 34.7 Å². The first-order valence-electron chi connectivity index (χ1n) is 13.3. The van der Waals surface area contributed by atoms with Crippen molar-refractivity contribution in [3.05, 3.63) is 22.8 Å². The molecule has 1 aromatic carbocycles. The zero-order valence-electron chi connectivity index (χ0n) is 23.4. The first-order chi connectivity index (χ1) is 18.2. The fourth-order valence-electron chi connectivity index (χ4n) is 7.16. The Hall–Kier alpha value is -3.15. The van der Waals surface area contributed by atoms with Gasteiger partial charge in [-0.05, 0) is 70.1 Å². The number of carbonyl (C=O) groups excluding carboxylic acids is 5. The van der Waals surface area contributed by atoms with Crippen LogP contribution in [-0.4, -0.2) is 102 Å². The van der Waals surface area contributed by atoms with Crippen LogP contribution in [0.3, 0.4) is 0 Å². The maximum atomic E-state index is 13.9. The van der Waals surface area contributed by atoms with E-state index in [9.17, 15) is 34.2 Å². The fourth-order valence-corrected chi connectivity index (χ4v) is 7.16. The summed E-state index contributed by atoms with van der Waals surface area (Å²) in [5.41, 5.74) is 4.86. The summed E-state index contributed by atoms with van der Waals surface area (Å²) in [6.07, 6.45) is 1.20. The van der Waals surface area contributed by atoms with Crippen LogP contribution < -0.4 is 10.6 Å². The van der Waals surface area contributed by atoms with Crippen LogP contribution >= 0.6 is 0 Å². The second-order valence-electron chi connectivity index (χ2n) is 11.7. The van der Waals surface area contributed by atoms with Crippen LogP contribution in [-0.2, 0) is 32.1 Å². The summed E-state index contributed by atoms with van der Waals surface area (Å²) < 4.78 is 0. The molecule has 2 saturated carbocycles. The highest BCUT2D eigenvalue weighted by molar-refractivity contribution is 6.32. The smallest absolute Gasteiger partial charge is 0.235 e. The number of nitrogens with two attached hydrogens (primary N) is 1. The fraction of sp³-hybridized carbons (Fsp3) is 0.607. The normalized spacial score (nSPS) is 30.3. The largest absolute Gasteiger partial charge is 0.507 e. The summed E-state index contributed by atoms with van der Waals surface area (Å²) in [6, 6.07) is 0.418. The van der Waals surface area contributed by atoms with E-state index in [-0.39, 0.29) is 24.2 Å². The number of fused-ring (bicyclic) bond motifs is 3. The number of hydrogen-bond acceptors (Lipinski definition) is 10. The van der Waals surface area contributed by atoms with Crippen molar-refractivity contribution in [3.63, 3.8) is 0 Å². The maximum absolute atomic E-state index is 13.9. The molecule has 0 bridgehead atoms. The number of aliphatic hydroxyl groups is 1. The molecule has 4 N–H and O–H groups in total. The van der Waals surface area contributed by atoms with Crippen LogP contribution in [0.25, 0.3) is 0 Å². The van der Waals surface area contributed by atoms with Crippen molar-refractivity contribution in [2.24, 2.45) is 29.4 Å². The third-order valence-electron chi connectivity index (χ3n) is 8.61. The van der Waals surface area contributed by atoms with Gasteiger partial charge in [-0.2, -0.15) is 0 Å². The molecule has 4 rings (SSSR count). The van der Waals surface area contributed by atoms with Crippen molar-refractivity contribution in [1.82, 2.24) is 9.80 Å². The van der Waals surface area contributed by atoms with Crippen LogP contribution in [0.2, 0.25) is 0 Å². The molecule has 0 radical (unpaired) electrons. The number of likely N-dealkylation sites (N-methyl/N-ethyl adjacent to an activating group) is 1. The van der Waals surface area contributed by atoms with Crippen LogP contribution in [0.5, 0.6) is 5.75 Å². The summed E-state index contributed by atoms with van der Waals surface area (Å²) >= 11 is 0. The average Bonchev–Trinajstić information content (AvgIpc) is 2.80. The van der Waals surface area contributed by atoms with Gasteiger partial charge in [0.2, 0.25) is 5.91 Å². The number of phenols is 1. The molecule has 0 spiro atoms. The third-order valence-corrected chi connectivity index (χ3v) is 8.61. The molecule has 1 aromatic rings. The Balaban J connectivity index is 1.86. The molecule has 0 aromatic heterocycles. The first kappa shape index (κ1) is 28.8. The summed E-state index contributed by atoms with van der Waals surface area (Å²) in [5.74, 6) is -10.4. The summed E-state index contributed by atoms with van der Waals surface area (Å²) in [6.45, 7) is 3.44. The molecule has 212 valence electrons. The Morgan fingerprint density at radius 1 is 1.10 bits per heavy atom. The Morgan fingerprint density at radius 2 is 1.74 bits per heavy atom. The lowest BCUT2D eigenvalue weighted by atomic mass is 9.52. The number of hydrogen-bond donors (Lipinski definition) is 3. The van der Waals surface area contributed by atoms with Gasteiger partial charge in [0.15, 0.2) is 34.7 Å². The number of anilines is 1. The standard InChI is InChI=1S/C28H38N4O7/c1-7-8-32(6)12-14-11-17(33)19-15(21(14)30(2)3)9-13-10-16-22(31(4)5)24(35)20(27(29)38)26(37)28(16,39)25(36)18(13)23(19)34/h11,13,16,18,20,22,33,39H,7-10,12H2,1-6H3,(H2,29,38)/t13-,16-,18?,20?,22-,28-/m0/s1. The number of Topliss-reactive ketones (excluding diaryl/α,β-unsaturated/α-hetero) is 4. The van der Waals surface area contributed by atoms with Crippen LogP contribution in [0.4, 0.5) is 5.69 Å². The van der Waals surface area contributed by atoms with Crippen molar-refractivity contribution in [2.75, 3.05) is 46.7 Å². The first-order valence-corrected chi connectivity index (χ1v) is 13.3. The van der Waals surface area contributed by atoms with E-state index in [1.807, 2.05) is 26.0 Å². The second-order valence-corrected chi connectivity index (χ2v) is 11.7. The number of carbonyl (C=O) groups is 5. The van der Waals surface area contributed by atoms with Gasteiger partial charge in [0.05, 0.1) is 17.5 Å². The maximum Gasteiger partial charge on any atom is 0.235 e. The van der Waals surface area contributed by atoms with E-state index in [2.05, 4.69) is 11.8 Å². The Morgan fingerprint density at radius 3 is 2.28 bits per heavy atom. The minimum Gasteiger partial charge on any atom is -0.507 e. The van der Waals surface area contributed by atoms with E-state index < -0.39 is 64.4 Å². The monoisotopic (exact) mass is 542 g/mol. The molecular weight excluding hydrogens is 504 g/mol. The van der Waals surface area contributed by atoms with Gasteiger partial charge in [-0.15, -0.1) is 0 Å². The van der Waals surface area contributed by atoms with E-state index >= 15 is 0 Å². The quantitative estimate of drug-likeness (QED) is 0.393. The van der Waals surface area contributed by atoms with Gasteiger partial charge in [0, 0.05) is 32.2 Å². The topological polar surface area (TPSA) is 162 Å². The third kappa shape index (κ3) is 4.27. The molecular formula is C28H38N4O7. The van der Waals surface area contributed by atoms with Crippen LogP contribution in [0.1, 0.15) is 41.3 Å². The van der Waals surface area contributed by atoms with Gasteiger partial charge < -0.3 is 25.7 Å². The second kappa shape index (κ2) is 10.1. The number of primary amides is 1. The number of ketones is 4. The summed E-state index contributed by atoms with van der Waals surface area (Å²) in [5, 5.41) is 22.7. The Labute approximate surface area is 227 Å². The predicted octanol–water partition coefficient (Wildman–Crippen LogP) is -0.225. The number of nitrogens with zero attached hydrogens (tertiary/aromatic N) is 3. The summed E-state index contributed by atoms with van der Waals surface area (Å²) in [4.78, 5) is 72.0. The van der Waals surface area contributed by atoms with Crippen molar-refractivity contribution in [2.45, 2.75) is 44.4 Å². The predicted molar refractivity (Wildman–Crippen MR) is 142 cm³/mol. The van der Waals surface area contributed by atoms with E-state index in [0.717, 1.165) is 24.2 Å². The summed E-state index contributed by atoms with van der Waals surface area (Å²) in [7, 11) is 8.80. The molecule has 6 atom stereocenters. The molecule has 0 aliphatic heterocycles. The average molecular weight is 543 g/mol. The number of benzene rings is 1. The van der Waals surface area contributed by atoms with Gasteiger partial charge >= 0.3 is 0 Å². The van der Waals surface area contributed by atoms with E-state index in [4.69, 9.17) is 5.73 Å². The van der Waals surface area contributed by atoms with E-state index in [1.54, 1.807) is 20.2 Å². The van der Waals surface area contributed by atoms with Gasteiger partial charge in [-0.3, -0.25) is 28.9 Å². The molecule has 0 saturated heterocycles. The zero-order chi connectivity index (χ0) is 29.1. The van der Waals surface area contributed by atoms with Gasteiger partial charge in [-0.1, -0.05) is 6.92 Å². The van der Waals surface area contributed by atoms with Crippen molar-refractivity contribution in [3.8, 4) is 5.75 Å². The molecule has 11 nitrogen and oxygen atoms in total. The zero-order valence-corrected chi connectivity index (χ0v) is 23.4. The highest BCUT2D eigenvalue weighted by Crippen LogP contribution is 2.52. The highest BCUT2D eigenvalue weighted by atomic mass is 16.3. The van der Waals surface area contributed by atoms with Crippen LogP contribution in [0.15, 0.2) is 6.07 Å². The highest BCUT2D eigenvalue weighted by Gasteiger charge is 2.69. The lowest BCUT2D eigenvalue weighted by Crippen LogP contribution is -2.74. The molecule has 39 heavy (non-hydrogen) atoms. The molecule has 2 fully saturated rings. The molecule has 3 aliphatic rings. The molecule has 3 aliphatic carbocycles. The lowest BCUT2D eigenvalue weighted by Gasteiger charge is -2.52. The lowest BCUT2D eigenvalue weighted by molar-refractivity contribution is -0.181. The molecule has 2 unspecified atom stereocenters. The van der Waals surface area contributed by atoms with Crippen molar-refractivity contribution in [1.29, 1.82) is 0 Å².